The second kappa shape index (κ2) is 6.35. The van der Waals surface area contributed by atoms with Crippen molar-refractivity contribution in [3.8, 4) is 0 Å². The summed E-state index contributed by atoms with van der Waals surface area (Å²) in [5.41, 5.74) is 0. The van der Waals surface area contributed by atoms with Crippen molar-refractivity contribution in [1.29, 1.82) is 0 Å². The monoisotopic (exact) mass is 277 g/mol. The van der Waals surface area contributed by atoms with Crippen molar-refractivity contribution in [3.05, 3.63) is 0 Å². The second-order valence-electron chi connectivity index (χ2n) is 6.00. The van der Waals surface area contributed by atoms with Gasteiger partial charge in [-0.3, -0.25) is 0 Å². The molecule has 1 aliphatic rings. The van der Waals surface area contributed by atoms with Gasteiger partial charge in [-0.05, 0) is 39.5 Å². The highest BCUT2D eigenvalue weighted by molar-refractivity contribution is 7.92. The quantitative estimate of drug-likeness (QED) is 0.749. The van der Waals surface area contributed by atoms with Crippen LogP contribution < -0.4 is 5.32 Å². The summed E-state index contributed by atoms with van der Waals surface area (Å²) in [5.74, 6) is 0.744. The molecule has 2 unspecified atom stereocenters. The Hall–Kier alpha value is -0.130. The van der Waals surface area contributed by atoms with Crippen molar-refractivity contribution in [3.63, 3.8) is 0 Å². The fraction of sp³-hybridized carbons (Fsp3) is 1.00. The van der Waals surface area contributed by atoms with Gasteiger partial charge in [0.1, 0.15) is 0 Å². The van der Waals surface area contributed by atoms with Crippen LogP contribution >= 0.6 is 0 Å². The first kappa shape index (κ1) is 15.9. The van der Waals surface area contributed by atoms with Crippen molar-refractivity contribution >= 4 is 9.84 Å². The van der Waals surface area contributed by atoms with Crippen LogP contribution in [0.25, 0.3) is 0 Å². The van der Waals surface area contributed by atoms with Crippen molar-refractivity contribution in [2.75, 3.05) is 25.4 Å². The second-order valence-corrected chi connectivity index (χ2v) is 8.86. The third-order valence-corrected chi connectivity index (χ3v) is 6.24. The van der Waals surface area contributed by atoms with Crippen LogP contribution in [0.3, 0.4) is 0 Å². The highest BCUT2D eigenvalue weighted by Gasteiger charge is 2.29. The maximum absolute atomic E-state index is 11.9. The molecule has 18 heavy (non-hydrogen) atoms. The molecule has 0 aromatic rings. The zero-order valence-corrected chi connectivity index (χ0v) is 12.8. The molecular formula is C13H27NO3S. The summed E-state index contributed by atoms with van der Waals surface area (Å²) in [6, 6.07) is 0. The maximum Gasteiger partial charge on any atom is 0.156 e. The molecule has 0 radical (unpaired) electrons. The molecule has 0 aromatic carbocycles. The van der Waals surface area contributed by atoms with Crippen LogP contribution in [0, 0.1) is 5.92 Å². The zero-order valence-electron chi connectivity index (χ0n) is 12.0. The first-order chi connectivity index (χ1) is 8.28. The lowest BCUT2D eigenvalue weighted by atomic mass is 10.00. The van der Waals surface area contributed by atoms with E-state index in [1.807, 2.05) is 0 Å². The summed E-state index contributed by atoms with van der Waals surface area (Å²) in [5, 5.41) is 3.26. The molecule has 1 aliphatic heterocycles. The summed E-state index contributed by atoms with van der Waals surface area (Å²) >= 11 is 0. The topological polar surface area (TPSA) is 55.4 Å². The van der Waals surface area contributed by atoms with Crippen LogP contribution in [0.15, 0.2) is 0 Å². The van der Waals surface area contributed by atoms with Gasteiger partial charge in [0.15, 0.2) is 9.84 Å². The molecule has 1 rings (SSSR count). The summed E-state index contributed by atoms with van der Waals surface area (Å²) in [6.07, 6.45) is 2.46. The standard InChI is InChI=1S/C13H27NO3S/c1-5-12-11(6-8-17-12)10-14-7-9-18(15,16)13(2,3)4/h11-12,14H,5-10H2,1-4H3. The van der Waals surface area contributed by atoms with E-state index in [1.54, 1.807) is 20.8 Å². The number of ether oxygens (including phenoxy) is 1. The molecule has 1 saturated heterocycles. The fourth-order valence-electron chi connectivity index (χ4n) is 2.18. The molecule has 1 heterocycles. The predicted octanol–water partition coefficient (Wildman–Crippen LogP) is 1.60. The van der Waals surface area contributed by atoms with E-state index in [0.29, 0.717) is 18.6 Å². The average Bonchev–Trinajstić information content (AvgIpc) is 2.70. The zero-order chi connectivity index (χ0) is 13.8. The Balaban J connectivity index is 2.27. The number of hydrogen-bond donors (Lipinski definition) is 1. The summed E-state index contributed by atoms with van der Waals surface area (Å²) in [7, 11) is -3.01. The summed E-state index contributed by atoms with van der Waals surface area (Å²) in [6.45, 7) is 9.61. The maximum atomic E-state index is 11.9. The predicted molar refractivity (Wildman–Crippen MR) is 74.5 cm³/mol. The van der Waals surface area contributed by atoms with Gasteiger partial charge in [-0.25, -0.2) is 8.42 Å². The largest absolute Gasteiger partial charge is 0.378 e. The van der Waals surface area contributed by atoms with E-state index in [0.717, 1.165) is 26.0 Å². The highest BCUT2D eigenvalue weighted by atomic mass is 32.2. The molecule has 0 amide bonds. The average molecular weight is 277 g/mol. The molecule has 5 heteroatoms. The van der Waals surface area contributed by atoms with Gasteiger partial charge < -0.3 is 10.1 Å². The third kappa shape index (κ3) is 4.21. The first-order valence-corrected chi connectivity index (χ1v) is 8.48. The van der Waals surface area contributed by atoms with E-state index < -0.39 is 14.6 Å². The molecule has 0 aliphatic carbocycles. The molecule has 108 valence electrons. The van der Waals surface area contributed by atoms with E-state index in [1.165, 1.54) is 0 Å². The van der Waals surface area contributed by atoms with Crippen LogP contribution in [-0.4, -0.2) is 44.7 Å². The fourth-order valence-corrected chi connectivity index (χ4v) is 3.20. The third-order valence-electron chi connectivity index (χ3n) is 3.64. The van der Waals surface area contributed by atoms with Gasteiger partial charge in [0.25, 0.3) is 0 Å². The van der Waals surface area contributed by atoms with E-state index in [9.17, 15) is 8.42 Å². The minimum absolute atomic E-state index is 0.209. The smallest absolute Gasteiger partial charge is 0.156 e. The molecule has 1 fully saturated rings. The van der Waals surface area contributed by atoms with E-state index >= 15 is 0 Å². The van der Waals surface area contributed by atoms with Gasteiger partial charge >= 0.3 is 0 Å². The molecule has 0 bridgehead atoms. The highest BCUT2D eigenvalue weighted by Crippen LogP contribution is 2.22. The lowest BCUT2D eigenvalue weighted by molar-refractivity contribution is 0.0874. The Morgan fingerprint density at radius 2 is 2.00 bits per heavy atom. The van der Waals surface area contributed by atoms with Crippen molar-refractivity contribution in [1.82, 2.24) is 5.32 Å². The van der Waals surface area contributed by atoms with Crippen LogP contribution in [0.5, 0.6) is 0 Å². The molecule has 4 nitrogen and oxygen atoms in total. The number of rotatable bonds is 6. The minimum atomic E-state index is -3.01. The molecule has 0 saturated carbocycles. The van der Waals surface area contributed by atoms with E-state index in [-0.39, 0.29) is 5.75 Å². The molecule has 1 N–H and O–H groups in total. The van der Waals surface area contributed by atoms with Gasteiger partial charge in [-0.1, -0.05) is 6.92 Å². The number of nitrogens with one attached hydrogen (secondary N) is 1. The Labute approximate surface area is 111 Å². The Bertz CT molecular complexity index is 346. The molecule has 0 spiro atoms. The van der Waals surface area contributed by atoms with Crippen LogP contribution in [-0.2, 0) is 14.6 Å². The lowest BCUT2D eigenvalue weighted by Gasteiger charge is -2.20. The van der Waals surface area contributed by atoms with Gasteiger partial charge in [-0.15, -0.1) is 0 Å². The van der Waals surface area contributed by atoms with Crippen molar-refractivity contribution in [2.45, 2.75) is 51.4 Å². The number of hydrogen-bond acceptors (Lipinski definition) is 4. The van der Waals surface area contributed by atoms with Gasteiger partial charge in [0.05, 0.1) is 16.6 Å². The van der Waals surface area contributed by atoms with E-state index in [4.69, 9.17) is 4.74 Å². The number of sulfone groups is 1. The van der Waals surface area contributed by atoms with Crippen LogP contribution in [0.4, 0.5) is 0 Å². The summed E-state index contributed by atoms with van der Waals surface area (Å²) < 4.78 is 28.8. The Morgan fingerprint density at radius 3 is 2.56 bits per heavy atom. The minimum Gasteiger partial charge on any atom is -0.378 e. The normalized spacial score (nSPS) is 25.6. The first-order valence-electron chi connectivity index (χ1n) is 6.82. The van der Waals surface area contributed by atoms with Gasteiger partial charge in [0.2, 0.25) is 0 Å². The van der Waals surface area contributed by atoms with Crippen LogP contribution in [0.1, 0.15) is 40.5 Å². The Morgan fingerprint density at radius 1 is 1.33 bits per heavy atom. The van der Waals surface area contributed by atoms with Gasteiger partial charge in [0, 0.05) is 19.7 Å². The van der Waals surface area contributed by atoms with Gasteiger partial charge in [-0.2, -0.15) is 0 Å². The van der Waals surface area contributed by atoms with E-state index in [2.05, 4.69) is 12.2 Å². The lowest BCUT2D eigenvalue weighted by Crippen LogP contribution is -2.36. The van der Waals surface area contributed by atoms with Crippen molar-refractivity contribution < 1.29 is 13.2 Å². The molecular weight excluding hydrogens is 250 g/mol. The molecule has 0 aromatic heterocycles. The molecule has 2 atom stereocenters. The summed E-state index contributed by atoms with van der Waals surface area (Å²) in [4.78, 5) is 0. The van der Waals surface area contributed by atoms with Crippen molar-refractivity contribution in [2.24, 2.45) is 5.92 Å². The van der Waals surface area contributed by atoms with Crippen LogP contribution in [0.2, 0.25) is 0 Å². The Kier molecular flexibility index (Phi) is 5.62. The SMILES string of the molecule is CCC1OCCC1CNCCS(=O)(=O)C(C)(C)C.